The molecule has 1 aliphatic rings. The molecule has 1 fully saturated rings. The van der Waals surface area contributed by atoms with Crippen molar-refractivity contribution in [3.63, 3.8) is 0 Å². The largest absolute Gasteiger partial charge is 0.493 e. The fourth-order valence-corrected chi connectivity index (χ4v) is 4.72. The molecule has 4 aromatic rings. The number of nitrogens with one attached hydrogen (secondary N) is 1. The van der Waals surface area contributed by atoms with Gasteiger partial charge in [0.25, 0.3) is 0 Å². The van der Waals surface area contributed by atoms with Crippen molar-refractivity contribution in [3.8, 4) is 28.4 Å². The lowest BCUT2D eigenvalue weighted by Crippen LogP contribution is -2.37. The fourth-order valence-electron chi connectivity index (χ4n) is 4.62. The van der Waals surface area contributed by atoms with Crippen molar-refractivity contribution in [3.05, 3.63) is 71.3 Å². The average molecular weight is 507 g/mol. The monoisotopic (exact) mass is 506 g/mol. The quantitative estimate of drug-likeness (QED) is 0.357. The number of carbonyl (C=O) groups is 1. The predicted molar refractivity (Wildman–Crippen MR) is 140 cm³/mol. The third-order valence-electron chi connectivity index (χ3n) is 6.39. The molecule has 36 heavy (non-hydrogen) atoms. The van der Waals surface area contributed by atoms with Gasteiger partial charge in [-0.15, -0.1) is 11.6 Å². The highest BCUT2D eigenvalue weighted by molar-refractivity contribution is 6.18. The molecule has 5 rings (SSSR count). The summed E-state index contributed by atoms with van der Waals surface area (Å²) in [5.74, 6) is 2.08. The van der Waals surface area contributed by atoms with Crippen LogP contribution in [0.15, 0.2) is 65.6 Å². The van der Waals surface area contributed by atoms with Crippen LogP contribution in [0.5, 0.6) is 11.5 Å². The molecule has 0 aliphatic heterocycles. The number of fused-ring (bicyclic) bond motifs is 1. The molecule has 0 saturated heterocycles. The van der Waals surface area contributed by atoms with E-state index in [0.29, 0.717) is 28.4 Å². The number of hydrogen-bond donors (Lipinski definition) is 1. The molecule has 1 aliphatic carbocycles. The third-order valence-corrected chi connectivity index (χ3v) is 6.58. The van der Waals surface area contributed by atoms with Gasteiger partial charge in [-0.05, 0) is 67.6 Å². The highest BCUT2D eigenvalue weighted by atomic mass is 35.5. The molecule has 186 valence electrons. The fraction of sp³-hybridized carbons (Fsp3) is 0.296. The summed E-state index contributed by atoms with van der Waals surface area (Å²) in [7, 11) is 1.64. The van der Waals surface area contributed by atoms with E-state index in [2.05, 4.69) is 10.3 Å². The highest BCUT2D eigenvalue weighted by Crippen LogP contribution is 2.35. The van der Waals surface area contributed by atoms with Crippen LogP contribution in [-0.2, 0) is 0 Å². The first-order chi connectivity index (χ1) is 17.6. The number of methoxy groups -OCH3 is 1. The van der Waals surface area contributed by atoms with E-state index in [4.69, 9.17) is 21.1 Å². The molecule has 1 saturated carbocycles. The molecule has 0 radical (unpaired) electrons. The van der Waals surface area contributed by atoms with Crippen molar-refractivity contribution in [2.24, 2.45) is 0 Å². The molecule has 0 bridgehead atoms. The molecule has 2 heterocycles. The topological polar surface area (TPSA) is 87.4 Å². The summed E-state index contributed by atoms with van der Waals surface area (Å²) in [6.07, 6.45) is 6.39. The molecule has 1 amide bonds. The number of benzene rings is 2. The molecule has 0 unspecified atom stereocenters. The van der Waals surface area contributed by atoms with E-state index in [1.807, 2.05) is 30.3 Å². The van der Waals surface area contributed by atoms with E-state index in [1.165, 1.54) is 17.4 Å². The van der Waals surface area contributed by atoms with E-state index >= 15 is 0 Å². The van der Waals surface area contributed by atoms with Crippen LogP contribution < -0.4 is 20.5 Å². The molecular weight excluding hydrogens is 480 g/mol. The number of halogens is 1. The lowest BCUT2D eigenvalue weighted by atomic mass is 10.1. The van der Waals surface area contributed by atoms with E-state index in [9.17, 15) is 9.59 Å². The van der Waals surface area contributed by atoms with Crippen LogP contribution in [0.2, 0.25) is 0 Å². The zero-order chi connectivity index (χ0) is 25.1. The number of rotatable bonds is 7. The number of hydrogen-bond acceptors (Lipinski definition) is 5. The normalized spacial score (nSPS) is 13.7. The lowest BCUT2D eigenvalue weighted by molar-refractivity contribution is 0.201. The predicted octanol–water partition coefficient (Wildman–Crippen LogP) is 4.98. The number of carbonyl (C=O) groups excluding carboxylic acids is 1. The van der Waals surface area contributed by atoms with Gasteiger partial charge in [-0.25, -0.2) is 23.7 Å². The number of ether oxygens (including phenoxy) is 2. The van der Waals surface area contributed by atoms with Crippen LogP contribution in [-0.4, -0.2) is 45.8 Å². The Hall–Kier alpha value is -3.78. The Balaban J connectivity index is 1.49. The molecule has 2 aromatic carbocycles. The highest BCUT2D eigenvalue weighted by Gasteiger charge is 2.21. The summed E-state index contributed by atoms with van der Waals surface area (Å²) in [4.78, 5) is 30.5. The SMILES string of the molecule is COc1ccc(-c2ccc(-n3c(=O)n(C(=O)NCCCl)c4ccccc43)nc2)cc1OC1CCCC1. The summed E-state index contributed by atoms with van der Waals surface area (Å²) < 4.78 is 14.3. The van der Waals surface area contributed by atoms with E-state index in [0.717, 1.165) is 28.5 Å². The van der Waals surface area contributed by atoms with E-state index in [-0.39, 0.29) is 18.5 Å². The number of amides is 1. The van der Waals surface area contributed by atoms with Crippen LogP contribution in [0.4, 0.5) is 4.79 Å². The minimum absolute atomic E-state index is 0.209. The van der Waals surface area contributed by atoms with Crippen LogP contribution in [0.1, 0.15) is 25.7 Å². The average Bonchev–Trinajstić information content (AvgIpc) is 3.52. The minimum Gasteiger partial charge on any atom is -0.493 e. The van der Waals surface area contributed by atoms with Gasteiger partial charge in [0.2, 0.25) is 0 Å². The zero-order valence-electron chi connectivity index (χ0n) is 19.9. The van der Waals surface area contributed by atoms with E-state index in [1.54, 1.807) is 37.6 Å². The third kappa shape index (κ3) is 4.56. The van der Waals surface area contributed by atoms with Crippen LogP contribution in [0, 0.1) is 0 Å². The number of para-hydroxylation sites is 2. The van der Waals surface area contributed by atoms with Crippen molar-refractivity contribution >= 4 is 28.7 Å². The van der Waals surface area contributed by atoms with Gasteiger partial charge >= 0.3 is 11.7 Å². The van der Waals surface area contributed by atoms with Crippen molar-refractivity contribution in [1.82, 2.24) is 19.4 Å². The van der Waals surface area contributed by atoms with Gasteiger partial charge in [-0.3, -0.25) is 0 Å². The van der Waals surface area contributed by atoms with Gasteiger partial charge in [0.05, 0.1) is 24.2 Å². The van der Waals surface area contributed by atoms with Crippen molar-refractivity contribution in [2.45, 2.75) is 31.8 Å². The van der Waals surface area contributed by atoms with Gasteiger partial charge in [0.15, 0.2) is 11.5 Å². The second-order valence-electron chi connectivity index (χ2n) is 8.66. The number of aromatic nitrogens is 3. The Morgan fingerprint density at radius 2 is 1.81 bits per heavy atom. The van der Waals surface area contributed by atoms with Crippen molar-refractivity contribution < 1.29 is 14.3 Å². The maximum absolute atomic E-state index is 13.3. The van der Waals surface area contributed by atoms with Gasteiger partial charge in [0.1, 0.15) is 5.82 Å². The number of pyridine rings is 1. The number of imidazole rings is 1. The zero-order valence-corrected chi connectivity index (χ0v) is 20.7. The maximum Gasteiger partial charge on any atom is 0.343 e. The van der Waals surface area contributed by atoms with Crippen molar-refractivity contribution in [2.75, 3.05) is 19.5 Å². The summed E-state index contributed by atoms with van der Waals surface area (Å²) >= 11 is 5.69. The maximum atomic E-state index is 13.3. The first-order valence-electron chi connectivity index (χ1n) is 12.0. The Bertz CT molecular complexity index is 1440. The second-order valence-corrected chi connectivity index (χ2v) is 9.04. The molecule has 2 aromatic heterocycles. The molecular formula is C27H27ClN4O4. The molecule has 0 atom stereocenters. The van der Waals surface area contributed by atoms with Gasteiger partial charge < -0.3 is 14.8 Å². The summed E-state index contributed by atoms with van der Waals surface area (Å²) in [6, 6.07) is 16.1. The molecule has 9 heteroatoms. The first kappa shape index (κ1) is 23.9. The first-order valence-corrected chi connectivity index (χ1v) is 12.5. The van der Waals surface area contributed by atoms with Crippen molar-refractivity contribution in [1.29, 1.82) is 0 Å². The Kier molecular flexibility index (Phi) is 6.95. The standard InChI is InChI=1S/C27H27ClN4O4/c1-35-23-12-10-18(16-24(23)36-20-6-2-3-7-20)19-11-13-25(30-17-19)31-21-8-4-5-9-22(21)32(27(31)34)26(33)29-15-14-28/h4-5,8-13,16-17,20H,2-3,6-7,14-15H2,1H3,(H,29,33). The van der Waals surface area contributed by atoms with Gasteiger partial charge in [-0.2, -0.15) is 0 Å². The summed E-state index contributed by atoms with van der Waals surface area (Å²) in [5, 5.41) is 2.65. The van der Waals surface area contributed by atoms with Gasteiger partial charge in [-0.1, -0.05) is 18.2 Å². The Morgan fingerprint density at radius 1 is 1.06 bits per heavy atom. The van der Waals surface area contributed by atoms with E-state index < -0.39 is 11.7 Å². The van der Waals surface area contributed by atoms with Crippen LogP contribution in [0.3, 0.4) is 0 Å². The smallest absolute Gasteiger partial charge is 0.343 e. The van der Waals surface area contributed by atoms with Gasteiger partial charge in [0, 0.05) is 24.2 Å². The Labute approximate surface area is 213 Å². The van der Waals surface area contributed by atoms with Crippen LogP contribution >= 0.6 is 11.6 Å². The minimum atomic E-state index is -0.528. The summed E-state index contributed by atoms with van der Waals surface area (Å²) in [5.41, 5.74) is 2.37. The number of nitrogens with zero attached hydrogens (tertiary/aromatic N) is 3. The molecule has 1 N–H and O–H groups in total. The summed E-state index contributed by atoms with van der Waals surface area (Å²) in [6.45, 7) is 0.258. The number of alkyl halides is 1. The lowest BCUT2D eigenvalue weighted by Gasteiger charge is -2.17. The molecule has 8 nitrogen and oxygen atoms in total. The molecule has 0 spiro atoms. The second kappa shape index (κ2) is 10.5. The Morgan fingerprint density at radius 3 is 2.50 bits per heavy atom. The van der Waals surface area contributed by atoms with Crippen LogP contribution in [0.25, 0.3) is 28.0 Å².